The van der Waals surface area contributed by atoms with E-state index in [0.717, 1.165) is 12.1 Å². The van der Waals surface area contributed by atoms with E-state index in [-0.39, 0.29) is 19.2 Å². The molecule has 148 valence electrons. The van der Waals surface area contributed by atoms with Crippen LogP contribution in [0.15, 0.2) is 18.2 Å². The Kier molecular flexibility index (Phi) is 5.91. The molecule has 1 atom stereocenters. The number of nitrogens with one attached hydrogen (secondary N) is 1. The SMILES string of the molecule is O=C1OCCN1CCNC[C@@]1(O)CCCN(Cc2ccc(F)c(F)c2)C1=O. The number of benzene rings is 1. The van der Waals surface area contributed by atoms with Gasteiger partial charge in [0.15, 0.2) is 17.2 Å². The van der Waals surface area contributed by atoms with E-state index in [9.17, 15) is 23.5 Å². The normalized spacial score (nSPS) is 23.1. The monoisotopic (exact) mass is 383 g/mol. The topological polar surface area (TPSA) is 82.1 Å². The van der Waals surface area contributed by atoms with Crippen LogP contribution >= 0.6 is 0 Å². The summed E-state index contributed by atoms with van der Waals surface area (Å²) in [5.74, 6) is -2.34. The molecular formula is C18H23F2N3O4. The van der Waals surface area contributed by atoms with Crippen LogP contribution in [-0.4, -0.2) is 71.8 Å². The molecule has 2 aliphatic rings. The molecule has 0 spiro atoms. The molecule has 0 radical (unpaired) electrons. The van der Waals surface area contributed by atoms with Gasteiger partial charge >= 0.3 is 6.09 Å². The molecule has 0 bridgehead atoms. The van der Waals surface area contributed by atoms with Crippen molar-refractivity contribution in [2.45, 2.75) is 25.0 Å². The highest BCUT2D eigenvalue weighted by atomic mass is 19.2. The zero-order valence-corrected chi connectivity index (χ0v) is 14.9. The number of carbonyl (C=O) groups is 2. The number of aliphatic hydroxyl groups is 1. The fourth-order valence-electron chi connectivity index (χ4n) is 3.38. The summed E-state index contributed by atoms with van der Waals surface area (Å²) in [6, 6.07) is 3.51. The molecule has 1 aromatic rings. The number of carbonyl (C=O) groups excluding carboxylic acids is 2. The lowest BCUT2D eigenvalue weighted by Gasteiger charge is -2.38. The predicted octanol–water partition coefficient (Wildman–Crippen LogP) is 0.860. The van der Waals surface area contributed by atoms with Crippen LogP contribution in [-0.2, 0) is 16.1 Å². The van der Waals surface area contributed by atoms with Crippen LogP contribution in [0.1, 0.15) is 18.4 Å². The third-order valence-electron chi connectivity index (χ3n) is 4.88. The van der Waals surface area contributed by atoms with Gasteiger partial charge in [0, 0.05) is 32.7 Å². The number of nitrogens with zero attached hydrogens (tertiary/aromatic N) is 2. The van der Waals surface area contributed by atoms with Crippen molar-refractivity contribution in [2.75, 3.05) is 39.3 Å². The molecule has 2 amide bonds. The summed E-state index contributed by atoms with van der Waals surface area (Å²) in [5, 5.41) is 13.8. The summed E-state index contributed by atoms with van der Waals surface area (Å²) >= 11 is 0. The second-order valence-electron chi connectivity index (χ2n) is 6.89. The number of cyclic esters (lactones) is 1. The number of halogens is 2. The van der Waals surface area contributed by atoms with Gasteiger partial charge < -0.3 is 25.0 Å². The molecule has 2 aliphatic heterocycles. The van der Waals surface area contributed by atoms with E-state index >= 15 is 0 Å². The number of ether oxygens (including phenoxy) is 1. The first kappa shape index (κ1) is 19.5. The Hall–Kier alpha value is -2.26. The molecule has 9 heteroatoms. The molecule has 0 aliphatic carbocycles. The first-order valence-electron chi connectivity index (χ1n) is 8.97. The second kappa shape index (κ2) is 8.18. The largest absolute Gasteiger partial charge is 0.448 e. The molecule has 2 fully saturated rings. The van der Waals surface area contributed by atoms with Gasteiger partial charge in [-0.1, -0.05) is 6.07 Å². The van der Waals surface area contributed by atoms with E-state index in [2.05, 4.69) is 5.32 Å². The molecule has 1 aromatic carbocycles. The van der Waals surface area contributed by atoms with Gasteiger partial charge in [-0.2, -0.15) is 0 Å². The Morgan fingerprint density at radius 2 is 2.00 bits per heavy atom. The Balaban J connectivity index is 1.52. The predicted molar refractivity (Wildman–Crippen MR) is 91.7 cm³/mol. The van der Waals surface area contributed by atoms with Crippen molar-refractivity contribution in [3.63, 3.8) is 0 Å². The van der Waals surface area contributed by atoms with Gasteiger partial charge in [0.25, 0.3) is 5.91 Å². The van der Waals surface area contributed by atoms with E-state index < -0.39 is 23.1 Å². The van der Waals surface area contributed by atoms with Crippen LogP contribution in [0.5, 0.6) is 0 Å². The molecule has 0 aromatic heterocycles. The van der Waals surface area contributed by atoms with Crippen LogP contribution in [0.25, 0.3) is 0 Å². The summed E-state index contributed by atoms with van der Waals surface area (Å²) in [6.45, 7) is 2.38. The lowest BCUT2D eigenvalue weighted by atomic mass is 9.91. The zero-order chi connectivity index (χ0) is 19.4. The lowest BCUT2D eigenvalue weighted by Crippen LogP contribution is -2.58. The molecule has 3 rings (SSSR count). The average molecular weight is 383 g/mol. The summed E-state index contributed by atoms with van der Waals surface area (Å²) in [6.07, 6.45) is 0.562. The first-order valence-corrected chi connectivity index (χ1v) is 8.97. The van der Waals surface area contributed by atoms with E-state index in [1.165, 1.54) is 11.0 Å². The van der Waals surface area contributed by atoms with E-state index in [4.69, 9.17) is 4.74 Å². The average Bonchev–Trinajstić information content (AvgIpc) is 3.04. The molecule has 0 unspecified atom stereocenters. The number of amides is 2. The minimum atomic E-state index is -1.55. The molecule has 2 heterocycles. The highest BCUT2D eigenvalue weighted by Crippen LogP contribution is 2.24. The van der Waals surface area contributed by atoms with Crippen molar-refractivity contribution in [1.82, 2.24) is 15.1 Å². The fraction of sp³-hybridized carbons (Fsp3) is 0.556. The molecule has 27 heavy (non-hydrogen) atoms. The maximum Gasteiger partial charge on any atom is 0.409 e. The second-order valence-corrected chi connectivity index (χ2v) is 6.89. The van der Waals surface area contributed by atoms with Crippen molar-refractivity contribution in [2.24, 2.45) is 0 Å². The Morgan fingerprint density at radius 1 is 1.19 bits per heavy atom. The van der Waals surface area contributed by atoms with Crippen LogP contribution in [0.4, 0.5) is 13.6 Å². The standard InChI is InChI=1S/C18H23F2N3O4/c19-14-3-2-13(10-15(14)20)11-23-6-1-4-18(26,16(23)24)12-21-5-7-22-8-9-27-17(22)25/h2-3,10,21,26H,1,4-9,11-12H2/t18-/m0/s1. The van der Waals surface area contributed by atoms with Crippen molar-refractivity contribution in [3.8, 4) is 0 Å². The van der Waals surface area contributed by atoms with E-state index in [1.54, 1.807) is 4.90 Å². The quantitative estimate of drug-likeness (QED) is 0.683. The summed E-state index contributed by atoms with van der Waals surface area (Å²) in [5.41, 5.74) is -1.09. The van der Waals surface area contributed by atoms with Crippen LogP contribution < -0.4 is 5.32 Å². The number of hydrogen-bond donors (Lipinski definition) is 2. The first-order chi connectivity index (χ1) is 12.9. The van der Waals surface area contributed by atoms with E-state index in [0.29, 0.717) is 51.2 Å². The lowest BCUT2D eigenvalue weighted by molar-refractivity contribution is -0.157. The van der Waals surface area contributed by atoms with Gasteiger partial charge in [0.2, 0.25) is 0 Å². The van der Waals surface area contributed by atoms with Crippen LogP contribution in [0.3, 0.4) is 0 Å². The molecule has 7 nitrogen and oxygen atoms in total. The smallest absolute Gasteiger partial charge is 0.409 e. The summed E-state index contributed by atoms with van der Waals surface area (Å²) in [7, 11) is 0. The number of piperidine rings is 1. The van der Waals surface area contributed by atoms with Gasteiger partial charge in [-0.3, -0.25) is 4.79 Å². The molecule has 2 saturated heterocycles. The summed E-state index contributed by atoms with van der Waals surface area (Å²) < 4.78 is 31.3. The number of rotatable bonds is 7. The third-order valence-corrected chi connectivity index (χ3v) is 4.88. The number of hydrogen-bond acceptors (Lipinski definition) is 5. The Bertz CT molecular complexity index is 718. The minimum absolute atomic E-state index is 0.0585. The zero-order valence-electron chi connectivity index (χ0n) is 14.9. The van der Waals surface area contributed by atoms with Crippen molar-refractivity contribution in [3.05, 3.63) is 35.4 Å². The van der Waals surface area contributed by atoms with Gasteiger partial charge in [-0.25, -0.2) is 13.6 Å². The molecular weight excluding hydrogens is 360 g/mol. The minimum Gasteiger partial charge on any atom is -0.448 e. The maximum atomic E-state index is 13.4. The van der Waals surface area contributed by atoms with Crippen LogP contribution in [0.2, 0.25) is 0 Å². The van der Waals surface area contributed by atoms with Crippen LogP contribution in [0, 0.1) is 11.6 Å². The highest BCUT2D eigenvalue weighted by Gasteiger charge is 2.41. The summed E-state index contributed by atoms with van der Waals surface area (Å²) in [4.78, 5) is 27.1. The molecule has 0 saturated carbocycles. The maximum absolute atomic E-state index is 13.4. The Morgan fingerprint density at radius 3 is 2.70 bits per heavy atom. The highest BCUT2D eigenvalue weighted by molar-refractivity contribution is 5.86. The van der Waals surface area contributed by atoms with Crippen molar-refractivity contribution < 1.29 is 28.2 Å². The third kappa shape index (κ3) is 4.54. The number of likely N-dealkylation sites (tertiary alicyclic amines) is 1. The van der Waals surface area contributed by atoms with Gasteiger partial charge in [0.1, 0.15) is 6.61 Å². The van der Waals surface area contributed by atoms with Crippen molar-refractivity contribution in [1.29, 1.82) is 0 Å². The van der Waals surface area contributed by atoms with Gasteiger partial charge in [-0.05, 0) is 30.5 Å². The van der Waals surface area contributed by atoms with Gasteiger partial charge in [-0.15, -0.1) is 0 Å². The van der Waals surface area contributed by atoms with Crippen molar-refractivity contribution >= 4 is 12.0 Å². The Labute approximate surface area is 155 Å². The van der Waals surface area contributed by atoms with E-state index in [1.807, 2.05) is 0 Å². The van der Waals surface area contributed by atoms with Gasteiger partial charge in [0.05, 0.1) is 6.54 Å². The molecule has 2 N–H and O–H groups in total. The fourth-order valence-corrected chi connectivity index (χ4v) is 3.38.